The number of piperidine rings is 1. The van der Waals surface area contributed by atoms with Crippen molar-refractivity contribution in [3.8, 4) is 0 Å². The molecule has 20 heavy (non-hydrogen) atoms. The lowest BCUT2D eigenvalue weighted by atomic mass is 9.78. The molecule has 3 rings (SSSR count). The van der Waals surface area contributed by atoms with Gasteiger partial charge in [-0.15, -0.1) is 0 Å². The van der Waals surface area contributed by atoms with Gasteiger partial charge in [-0.3, -0.25) is 10.1 Å². The van der Waals surface area contributed by atoms with E-state index in [1.807, 2.05) is 0 Å². The maximum Gasteiger partial charge on any atom is 0.348 e. The second kappa shape index (κ2) is 5.52. The fourth-order valence-electron chi connectivity index (χ4n) is 3.60. The van der Waals surface area contributed by atoms with Crippen molar-refractivity contribution in [2.45, 2.75) is 44.6 Å². The van der Waals surface area contributed by atoms with E-state index in [9.17, 15) is 10.1 Å². The number of fused-ring (bicyclic) bond motifs is 1. The molecule has 6 nitrogen and oxygen atoms in total. The smallest absolute Gasteiger partial charge is 0.347 e. The first-order chi connectivity index (χ1) is 9.68. The van der Waals surface area contributed by atoms with Crippen LogP contribution in [0.3, 0.4) is 0 Å². The van der Waals surface area contributed by atoms with Crippen LogP contribution in [0, 0.1) is 16.0 Å². The fourth-order valence-corrected chi connectivity index (χ4v) is 3.80. The lowest BCUT2D eigenvalue weighted by Gasteiger charge is -2.44. The molecule has 2 fully saturated rings. The Hall–Kier alpha value is -1.43. The van der Waals surface area contributed by atoms with E-state index in [-0.39, 0.29) is 10.8 Å². The van der Waals surface area contributed by atoms with E-state index in [1.165, 1.54) is 32.0 Å². The zero-order valence-corrected chi connectivity index (χ0v) is 11.9. The number of hydrogen-bond acceptors (Lipinski definition) is 5. The summed E-state index contributed by atoms with van der Waals surface area (Å²) in [7, 11) is 0. The van der Waals surface area contributed by atoms with Gasteiger partial charge in [0.2, 0.25) is 11.0 Å². The third-order valence-corrected chi connectivity index (χ3v) is 4.73. The molecule has 2 atom stereocenters. The second-order valence-electron chi connectivity index (χ2n) is 5.54. The Morgan fingerprint density at radius 2 is 2.00 bits per heavy atom. The van der Waals surface area contributed by atoms with E-state index >= 15 is 0 Å². The van der Waals surface area contributed by atoms with Crippen molar-refractivity contribution in [2.24, 2.45) is 5.92 Å². The third-order valence-electron chi connectivity index (χ3n) is 4.46. The van der Waals surface area contributed by atoms with Crippen molar-refractivity contribution < 1.29 is 4.92 Å². The number of nitro groups is 1. The number of anilines is 1. The van der Waals surface area contributed by atoms with Crippen LogP contribution in [0.4, 0.5) is 11.5 Å². The maximum atomic E-state index is 11.3. The van der Waals surface area contributed by atoms with Crippen molar-refractivity contribution in [1.82, 2.24) is 9.97 Å². The molecular formula is C13H17ClN4O2. The Morgan fingerprint density at radius 1 is 1.25 bits per heavy atom. The van der Waals surface area contributed by atoms with E-state index in [0.717, 1.165) is 19.4 Å². The van der Waals surface area contributed by atoms with Crippen molar-refractivity contribution in [1.29, 1.82) is 0 Å². The highest BCUT2D eigenvalue weighted by atomic mass is 35.5. The zero-order chi connectivity index (χ0) is 14.1. The predicted molar refractivity (Wildman–Crippen MR) is 76.0 cm³/mol. The van der Waals surface area contributed by atoms with Gasteiger partial charge < -0.3 is 4.90 Å². The van der Waals surface area contributed by atoms with Gasteiger partial charge in [-0.05, 0) is 31.6 Å². The normalized spacial score (nSPS) is 26.1. The molecule has 0 radical (unpaired) electrons. The van der Waals surface area contributed by atoms with Gasteiger partial charge in [0.05, 0.1) is 4.92 Å². The van der Waals surface area contributed by atoms with Crippen LogP contribution in [0.2, 0.25) is 5.15 Å². The minimum Gasteiger partial charge on any atom is -0.347 e. The number of rotatable bonds is 2. The largest absolute Gasteiger partial charge is 0.348 e. The van der Waals surface area contributed by atoms with Crippen LogP contribution in [0.1, 0.15) is 38.5 Å². The highest BCUT2D eigenvalue weighted by Gasteiger charge is 2.37. The van der Waals surface area contributed by atoms with Gasteiger partial charge >= 0.3 is 5.69 Å². The van der Waals surface area contributed by atoms with Gasteiger partial charge in [-0.1, -0.05) is 24.4 Å². The highest BCUT2D eigenvalue weighted by Crippen LogP contribution is 2.40. The number of aromatic nitrogens is 2. The Morgan fingerprint density at radius 3 is 2.80 bits per heavy atom. The van der Waals surface area contributed by atoms with E-state index in [4.69, 9.17) is 11.6 Å². The minimum atomic E-state index is -0.468. The third kappa shape index (κ3) is 2.32. The summed E-state index contributed by atoms with van der Waals surface area (Å²) in [6.45, 7) is 0.815. The lowest BCUT2D eigenvalue weighted by molar-refractivity contribution is -0.384. The molecular weight excluding hydrogens is 280 g/mol. The van der Waals surface area contributed by atoms with Crippen LogP contribution in [0.5, 0.6) is 0 Å². The fraction of sp³-hybridized carbons (Fsp3) is 0.692. The zero-order valence-electron chi connectivity index (χ0n) is 11.2. The maximum absolute atomic E-state index is 11.3. The van der Waals surface area contributed by atoms with Gasteiger partial charge in [0.15, 0.2) is 0 Å². The summed E-state index contributed by atoms with van der Waals surface area (Å²) in [4.78, 5) is 20.8. The number of hydrogen-bond donors (Lipinski definition) is 0. The average molecular weight is 297 g/mol. The molecule has 1 saturated carbocycles. The second-order valence-corrected chi connectivity index (χ2v) is 5.90. The molecule has 1 aliphatic carbocycles. The van der Waals surface area contributed by atoms with E-state index in [0.29, 0.717) is 17.8 Å². The molecule has 0 spiro atoms. The van der Waals surface area contributed by atoms with Gasteiger partial charge in [0.1, 0.15) is 6.33 Å². The Labute approximate surface area is 122 Å². The predicted octanol–water partition coefficient (Wildman–Crippen LogP) is 3.20. The first-order valence-electron chi connectivity index (χ1n) is 7.10. The molecule has 0 unspecified atom stereocenters. The molecule has 0 aromatic carbocycles. The minimum absolute atomic E-state index is 0.0714. The van der Waals surface area contributed by atoms with Crippen LogP contribution in [-0.2, 0) is 0 Å². The molecule has 0 bridgehead atoms. The summed E-state index contributed by atoms with van der Waals surface area (Å²) < 4.78 is 0. The quantitative estimate of drug-likeness (QED) is 0.476. The molecule has 2 aliphatic rings. The Bertz CT molecular complexity index is 523. The van der Waals surface area contributed by atoms with Crippen LogP contribution in [0.25, 0.3) is 0 Å². The molecule has 7 heteroatoms. The molecule has 2 heterocycles. The number of nitrogens with zero attached hydrogens (tertiary/aromatic N) is 4. The van der Waals surface area contributed by atoms with E-state index in [2.05, 4.69) is 14.9 Å². The van der Waals surface area contributed by atoms with Crippen molar-refractivity contribution in [3.05, 3.63) is 21.6 Å². The molecule has 1 aliphatic heterocycles. The van der Waals surface area contributed by atoms with Crippen molar-refractivity contribution in [3.63, 3.8) is 0 Å². The summed E-state index contributed by atoms with van der Waals surface area (Å²) in [5.74, 6) is 1.03. The summed E-state index contributed by atoms with van der Waals surface area (Å²) in [5, 5.41) is 11.2. The molecule has 0 amide bonds. The summed E-state index contributed by atoms with van der Waals surface area (Å²) >= 11 is 5.90. The topological polar surface area (TPSA) is 72.2 Å². The Balaban J connectivity index is 1.99. The van der Waals surface area contributed by atoms with Crippen LogP contribution < -0.4 is 4.90 Å². The van der Waals surface area contributed by atoms with Gasteiger partial charge in [-0.2, -0.15) is 0 Å². The van der Waals surface area contributed by atoms with Crippen LogP contribution in [-0.4, -0.2) is 27.5 Å². The summed E-state index contributed by atoms with van der Waals surface area (Å²) in [5.41, 5.74) is -0.152. The summed E-state index contributed by atoms with van der Waals surface area (Å²) in [6, 6.07) is 0.363. The monoisotopic (exact) mass is 296 g/mol. The van der Waals surface area contributed by atoms with Gasteiger partial charge in [0.25, 0.3) is 0 Å². The van der Waals surface area contributed by atoms with Crippen molar-refractivity contribution in [2.75, 3.05) is 11.4 Å². The molecule has 0 N–H and O–H groups in total. The van der Waals surface area contributed by atoms with Gasteiger partial charge in [-0.25, -0.2) is 9.97 Å². The molecule has 1 saturated heterocycles. The van der Waals surface area contributed by atoms with Crippen molar-refractivity contribution >= 4 is 23.1 Å². The van der Waals surface area contributed by atoms with E-state index in [1.54, 1.807) is 0 Å². The molecule has 1 aromatic heterocycles. The average Bonchev–Trinajstić information content (AvgIpc) is 2.46. The lowest BCUT2D eigenvalue weighted by Crippen LogP contribution is -2.47. The van der Waals surface area contributed by atoms with Gasteiger partial charge in [0, 0.05) is 12.6 Å². The SMILES string of the molecule is O=[N+]([O-])c1c(Cl)ncnc1N1CCC[C@H]2CCCC[C@H]21. The molecule has 1 aromatic rings. The van der Waals surface area contributed by atoms with E-state index < -0.39 is 4.92 Å². The van der Waals surface area contributed by atoms with Crippen LogP contribution in [0.15, 0.2) is 6.33 Å². The van der Waals surface area contributed by atoms with Crippen LogP contribution >= 0.6 is 11.6 Å². The first-order valence-corrected chi connectivity index (χ1v) is 7.48. The standard InChI is InChI=1S/C13H17ClN4O2/c14-12-11(18(19)20)13(16-8-15-12)17-7-3-5-9-4-1-2-6-10(9)17/h8-10H,1-7H2/t9-,10-/m1/s1. The highest BCUT2D eigenvalue weighted by molar-refractivity contribution is 6.31. The summed E-state index contributed by atoms with van der Waals surface area (Å²) in [6.07, 6.45) is 8.34. The number of halogens is 1. The molecule has 108 valence electrons. The Kier molecular flexibility index (Phi) is 3.74. The first kappa shape index (κ1) is 13.5.